The lowest BCUT2D eigenvalue weighted by Gasteiger charge is -2.09. The monoisotopic (exact) mass is 384 g/mol. The summed E-state index contributed by atoms with van der Waals surface area (Å²) in [5.41, 5.74) is 4.20. The molecule has 1 amide bonds. The zero-order chi connectivity index (χ0) is 17.5. The maximum atomic E-state index is 11.9. The van der Waals surface area contributed by atoms with Gasteiger partial charge < -0.3 is 4.74 Å². The molecule has 0 heterocycles. The lowest BCUT2D eigenvalue weighted by atomic mass is 10.1. The molecule has 0 aliphatic heterocycles. The van der Waals surface area contributed by atoms with E-state index in [2.05, 4.69) is 10.5 Å². The molecule has 0 fully saturated rings. The first-order valence-electron chi connectivity index (χ1n) is 7.19. The van der Waals surface area contributed by atoms with Gasteiger partial charge >= 0.3 is 0 Å². The van der Waals surface area contributed by atoms with E-state index in [4.69, 9.17) is 39.5 Å². The van der Waals surface area contributed by atoms with E-state index in [9.17, 15) is 4.79 Å². The Kier molecular flexibility index (Phi) is 6.91. The van der Waals surface area contributed by atoms with Crippen molar-refractivity contribution in [1.29, 1.82) is 0 Å². The van der Waals surface area contributed by atoms with Gasteiger partial charge in [-0.15, -0.1) is 0 Å². The van der Waals surface area contributed by atoms with Gasteiger partial charge in [-0.05, 0) is 18.1 Å². The predicted octanol–water partition coefficient (Wildman–Crippen LogP) is 4.96. The highest BCUT2D eigenvalue weighted by molar-refractivity contribution is 6.43. The first kappa shape index (κ1) is 18.6. The fourth-order valence-corrected chi connectivity index (χ4v) is 2.49. The SMILES string of the molecule is CC/C(=N/NC(=O)COc1cc(Cl)c(Cl)cc1Cl)c1ccccc1. The second-order valence-corrected chi connectivity index (χ2v) is 6.02. The average molecular weight is 386 g/mol. The summed E-state index contributed by atoms with van der Waals surface area (Å²) in [7, 11) is 0. The lowest BCUT2D eigenvalue weighted by molar-refractivity contribution is -0.123. The summed E-state index contributed by atoms with van der Waals surface area (Å²) in [5, 5.41) is 5.03. The molecule has 0 saturated carbocycles. The zero-order valence-electron chi connectivity index (χ0n) is 12.9. The van der Waals surface area contributed by atoms with Gasteiger partial charge in [0.15, 0.2) is 6.61 Å². The van der Waals surface area contributed by atoms with Crippen LogP contribution in [0.3, 0.4) is 0 Å². The van der Waals surface area contributed by atoms with Crippen LogP contribution in [-0.4, -0.2) is 18.2 Å². The number of carbonyl (C=O) groups is 1. The van der Waals surface area contributed by atoms with E-state index in [1.54, 1.807) is 0 Å². The lowest BCUT2D eigenvalue weighted by Crippen LogP contribution is -2.26. The quantitative estimate of drug-likeness (QED) is 0.434. The molecule has 0 aliphatic rings. The number of carbonyl (C=O) groups excluding carboxylic acids is 1. The van der Waals surface area contributed by atoms with Gasteiger partial charge in [0.1, 0.15) is 5.75 Å². The van der Waals surface area contributed by atoms with Crippen molar-refractivity contribution in [3.63, 3.8) is 0 Å². The normalized spacial score (nSPS) is 11.2. The predicted molar refractivity (Wildman–Crippen MR) is 98.4 cm³/mol. The minimum absolute atomic E-state index is 0.243. The van der Waals surface area contributed by atoms with Gasteiger partial charge in [0.2, 0.25) is 0 Å². The molecule has 24 heavy (non-hydrogen) atoms. The van der Waals surface area contributed by atoms with Crippen LogP contribution in [0.1, 0.15) is 18.9 Å². The van der Waals surface area contributed by atoms with Crippen molar-refractivity contribution in [2.45, 2.75) is 13.3 Å². The molecule has 1 N–H and O–H groups in total. The highest BCUT2D eigenvalue weighted by Gasteiger charge is 2.09. The molecule has 0 aliphatic carbocycles. The molecule has 126 valence electrons. The van der Waals surface area contributed by atoms with E-state index >= 15 is 0 Å². The van der Waals surface area contributed by atoms with Crippen molar-refractivity contribution in [3.05, 3.63) is 63.1 Å². The van der Waals surface area contributed by atoms with Crippen molar-refractivity contribution >= 4 is 46.4 Å². The van der Waals surface area contributed by atoms with E-state index in [-0.39, 0.29) is 17.4 Å². The topological polar surface area (TPSA) is 50.7 Å². The zero-order valence-corrected chi connectivity index (χ0v) is 15.1. The molecule has 0 unspecified atom stereocenters. The van der Waals surface area contributed by atoms with Crippen molar-refractivity contribution in [1.82, 2.24) is 5.43 Å². The highest BCUT2D eigenvalue weighted by atomic mass is 35.5. The number of rotatable bonds is 6. The second-order valence-electron chi connectivity index (χ2n) is 4.80. The van der Waals surface area contributed by atoms with Gasteiger partial charge in [-0.3, -0.25) is 4.79 Å². The van der Waals surface area contributed by atoms with Crippen molar-refractivity contribution in [2.24, 2.45) is 5.10 Å². The van der Waals surface area contributed by atoms with Crippen LogP contribution in [0.15, 0.2) is 47.6 Å². The smallest absolute Gasteiger partial charge is 0.277 e. The molecule has 0 aromatic heterocycles. The molecule has 0 radical (unpaired) electrons. The summed E-state index contributed by atoms with van der Waals surface area (Å²) in [4.78, 5) is 11.9. The third-order valence-electron chi connectivity index (χ3n) is 3.09. The molecule has 0 atom stereocenters. The first-order valence-corrected chi connectivity index (χ1v) is 8.32. The van der Waals surface area contributed by atoms with Gasteiger partial charge in [-0.2, -0.15) is 5.10 Å². The largest absolute Gasteiger partial charge is 0.482 e. The van der Waals surface area contributed by atoms with E-state index in [1.165, 1.54) is 12.1 Å². The van der Waals surface area contributed by atoms with Crippen LogP contribution in [0.25, 0.3) is 0 Å². The van der Waals surface area contributed by atoms with Crippen molar-refractivity contribution in [2.75, 3.05) is 6.61 Å². The summed E-state index contributed by atoms with van der Waals surface area (Å²) in [6.07, 6.45) is 0.684. The third-order valence-corrected chi connectivity index (χ3v) is 4.11. The van der Waals surface area contributed by atoms with E-state index in [1.807, 2.05) is 37.3 Å². The maximum absolute atomic E-state index is 11.9. The van der Waals surface area contributed by atoms with Crippen molar-refractivity contribution in [3.8, 4) is 5.75 Å². The van der Waals surface area contributed by atoms with E-state index in [0.717, 1.165) is 11.3 Å². The number of benzene rings is 2. The molecular formula is C17H15Cl3N2O2. The number of ether oxygens (including phenoxy) is 1. The number of hydrogen-bond acceptors (Lipinski definition) is 3. The van der Waals surface area contributed by atoms with Crippen molar-refractivity contribution < 1.29 is 9.53 Å². The van der Waals surface area contributed by atoms with E-state index in [0.29, 0.717) is 16.5 Å². The molecule has 0 bridgehead atoms. The summed E-state index contributed by atoms with van der Waals surface area (Å²) >= 11 is 17.7. The van der Waals surface area contributed by atoms with Crippen LogP contribution in [0.5, 0.6) is 5.75 Å². The molecule has 7 heteroatoms. The Morgan fingerprint density at radius 3 is 2.42 bits per heavy atom. The van der Waals surface area contributed by atoms with Crippen LogP contribution in [0.2, 0.25) is 15.1 Å². The Morgan fingerprint density at radius 1 is 1.08 bits per heavy atom. The summed E-state index contributed by atoms with van der Waals surface area (Å²) in [5.74, 6) is -0.122. The third kappa shape index (κ3) is 5.13. The Morgan fingerprint density at radius 2 is 1.75 bits per heavy atom. The summed E-state index contributed by atoms with van der Waals surface area (Å²) in [6.45, 7) is 1.72. The molecule has 4 nitrogen and oxygen atoms in total. The van der Waals surface area contributed by atoms with E-state index < -0.39 is 5.91 Å². The summed E-state index contributed by atoms with van der Waals surface area (Å²) < 4.78 is 5.35. The van der Waals surface area contributed by atoms with Crippen LogP contribution in [-0.2, 0) is 4.79 Å². The Bertz CT molecular complexity index is 749. The number of nitrogens with zero attached hydrogens (tertiary/aromatic N) is 1. The fraction of sp³-hybridized carbons (Fsp3) is 0.176. The highest BCUT2D eigenvalue weighted by Crippen LogP contribution is 2.33. The van der Waals surface area contributed by atoms with Gasteiger partial charge in [-0.1, -0.05) is 72.1 Å². The number of hydrazone groups is 1. The molecule has 0 spiro atoms. The number of nitrogens with one attached hydrogen (secondary N) is 1. The van der Waals surface area contributed by atoms with Gasteiger partial charge in [-0.25, -0.2) is 5.43 Å². The Balaban J connectivity index is 1.96. The Labute approximate surface area is 155 Å². The summed E-state index contributed by atoms with van der Waals surface area (Å²) in [6, 6.07) is 12.5. The van der Waals surface area contributed by atoms with Crippen LogP contribution < -0.4 is 10.2 Å². The second kappa shape index (κ2) is 8.92. The van der Waals surface area contributed by atoms with Gasteiger partial charge in [0.25, 0.3) is 5.91 Å². The van der Waals surface area contributed by atoms with Gasteiger partial charge in [0, 0.05) is 6.07 Å². The minimum Gasteiger partial charge on any atom is -0.482 e. The number of amides is 1. The maximum Gasteiger partial charge on any atom is 0.277 e. The fourth-order valence-electron chi connectivity index (χ4n) is 1.90. The van der Waals surface area contributed by atoms with Crippen LogP contribution in [0.4, 0.5) is 0 Å². The molecule has 2 rings (SSSR count). The van der Waals surface area contributed by atoms with Crippen LogP contribution >= 0.6 is 34.8 Å². The number of halogens is 3. The Hall–Kier alpha value is -1.75. The molecular weight excluding hydrogens is 371 g/mol. The number of hydrogen-bond donors (Lipinski definition) is 1. The molecule has 2 aromatic rings. The van der Waals surface area contributed by atoms with Crippen LogP contribution in [0, 0.1) is 0 Å². The minimum atomic E-state index is -0.404. The average Bonchev–Trinajstić information content (AvgIpc) is 2.58. The first-order chi connectivity index (χ1) is 11.5. The molecule has 0 saturated heterocycles. The molecule has 2 aromatic carbocycles. The standard InChI is InChI=1S/C17H15Cl3N2O2/c1-2-15(11-6-4-3-5-7-11)21-22-17(23)10-24-16-9-13(19)12(18)8-14(16)20/h3-9H,2,10H2,1H3,(H,22,23)/b21-15-. The van der Waals surface area contributed by atoms with Gasteiger partial charge in [0.05, 0.1) is 20.8 Å².